The number of carboxylic acids is 1. The van der Waals surface area contributed by atoms with Gasteiger partial charge in [-0.1, -0.05) is 12.1 Å². The Bertz CT molecular complexity index is 622. The SMILES string of the molecule is O=C(O)c1nc(Br)sc1-c1ccc(C(F)(F)F)cc1. The van der Waals surface area contributed by atoms with Crippen LogP contribution in [0.15, 0.2) is 28.2 Å². The molecule has 0 radical (unpaired) electrons. The third-order valence-corrected chi connectivity index (χ3v) is 3.83. The number of rotatable bonds is 2. The Morgan fingerprint density at radius 1 is 1.26 bits per heavy atom. The van der Waals surface area contributed by atoms with Gasteiger partial charge in [0.15, 0.2) is 9.61 Å². The molecule has 0 spiro atoms. The number of carbonyl (C=O) groups is 1. The Balaban J connectivity index is 2.46. The monoisotopic (exact) mass is 351 g/mol. The lowest BCUT2D eigenvalue weighted by molar-refractivity contribution is -0.137. The molecule has 100 valence electrons. The van der Waals surface area contributed by atoms with E-state index in [1.807, 2.05) is 0 Å². The molecular formula is C11H5BrF3NO2S. The Labute approximate surface area is 117 Å². The lowest BCUT2D eigenvalue weighted by Crippen LogP contribution is -2.04. The molecule has 0 bridgehead atoms. The fourth-order valence-electron chi connectivity index (χ4n) is 1.45. The summed E-state index contributed by atoms with van der Waals surface area (Å²) in [4.78, 5) is 15.1. The largest absolute Gasteiger partial charge is 0.476 e. The summed E-state index contributed by atoms with van der Waals surface area (Å²) in [5.41, 5.74) is -0.582. The van der Waals surface area contributed by atoms with Gasteiger partial charge in [-0.15, -0.1) is 11.3 Å². The van der Waals surface area contributed by atoms with Crippen LogP contribution in [0.1, 0.15) is 16.1 Å². The van der Waals surface area contributed by atoms with Crippen LogP contribution in [0, 0.1) is 0 Å². The van der Waals surface area contributed by atoms with Gasteiger partial charge in [0.05, 0.1) is 10.4 Å². The Morgan fingerprint density at radius 2 is 1.84 bits per heavy atom. The van der Waals surface area contributed by atoms with Crippen molar-refractivity contribution in [1.82, 2.24) is 4.98 Å². The summed E-state index contributed by atoms with van der Waals surface area (Å²) in [5, 5.41) is 8.97. The average molecular weight is 352 g/mol. The van der Waals surface area contributed by atoms with Crippen molar-refractivity contribution in [3.8, 4) is 10.4 Å². The van der Waals surface area contributed by atoms with Crippen LogP contribution in [-0.4, -0.2) is 16.1 Å². The first kappa shape index (κ1) is 14.0. The molecule has 0 aliphatic heterocycles. The number of hydrogen-bond acceptors (Lipinski definition) is 3. The molecule has 0 aliphatic carbocycles. The smallest absolute Gasteiger partial charge is 0.416 e. The zero-order chi connectivity index (χ0) is 14.2. The fourth-order valence-corrected chi connectivity index (χ4v) is 2.90. The summed E-state index contributed by atoms with van der Waals surface area (Å²) in [5.74, 6) is -1.23. The molecule has 1 aromatic carbocycles. The average Bonchev–Trinajstić information content (AvgIpc) is 2.70. The highest BCUT2D eigenvalue weighted by Crippen LogP contribution is 2.35. The summed E-state index contributed by atoms with van der Waals surface area (Å²) < 4.78 is 37.6. The third kappa shape index (κ3) is 2.95. The molecule has 0 saturated carbocycles. The van der Waals surface area contributed by atoms with Gasteiger partial charge < -0.3 is 5.11 Å². The van der Waals surface area contributed by atoms with Crippen LogP contribution in [0.4, 0.5) is 13.2 Å². The van der Waals surface area contributed by atoms with Gasteiger partial charge in [0.1, 0.15) is 0 Å². The van der Waals surface area contributed by atoms with Gasteiger partial charge in [-0.3, -0.25) is 0 Å². The molecule has 8 heteroatoms. The zero-order valence-corrected chi connectivity index (χ0v) is 11.4. The molecule has 0 fully saturated rings. The van der Waals surface area contributed by atoms with Crippen molar-refractivity contribution in [2.75, 3.05) is 0 Å². The molecule has 0 aliphatic rings. The van der Waals surface area contributed by atoms with E-state index in [0.29, 0.717) is 14.4 Å². The van der Waals surface area contributed by atoms with Crippen molar-refractivity contribution in [1.29, 1.82) is 0 Å². The first-order chi connectivity index (χ1) is 8.79. The quantitative estimate of drug-likeness (QED) is 0.877. The Hall–Kier alpha value is -1.41. The minimum atomic E-state index is -4.41. The van der Waals surface area contributed by atoms with Crippen LogP contribution in [0.25, 0.3) is 10.4 Å². The second-order valence-corrected chi connectivity index (χ2v) is 5.80. The summed E-state index contributed by atoms with van der Waals surface area (Å²) in [6, 6.07) is 4.29. The molecule has 2 aromatic rings. The van der Waals surface area contributed by atoms with Crippen molar-refractivity contribution >= 4 is 33.2 Å². The van der Waals surface area contributed by atoms with E-state index in [9.17, 15) is 18.0 Å². The van der Waals surface area contributed by atoms with Gasteiger partial charge in [0.25, 0.3) is 0 Å². The van der Waals surface area contributed by atoms with E-state index in [1.165, 1.54) is 12.1 Å². The topological polar surface area (TPSA) is 50.2 Å². The van der Waals surface area contributed by atoms with Crippen molar-refractivity contribution in [2.24, 2.45) is 0 Å². The molecule has 19 heavy (non-hydrogen) atoms. The third-order valence-electron chi connectivity index (χ3n) is 2.28. The number of aromatic carboxylic acids is 1. The summed E-state index contributed by atoms with van der Waals surface area (Å²) >= 11 is 4.11. The number of nitrogens with zero attached hydrogens (tertiary/aromatic N) is 1. The Morgan fingerprint density at radius 3 is 2.32 bits per heavy atom. The van der Waals surface area contributed by atoms with Gasteiger partial charge in [-0.05, 0) is 33.6 Å². The van der Waals surface area contributed by atoms with Gasteiger partial charge in [0.2, 0.25) is 0 Å². The minimum absolute atomic E-state index is 0.184. The Kier molecular flexibility index (Phi) is 3.64. The zero-order valence-electron chi connectivity index (χ0n) is 9.03. The fraction of sp³-hybridized carbons (Fsp3) is 0.0909. The number of aromatic nitrogens is 1. The number of carboxylic acid groups (broad SMARTS) is 1. The molecule has 0 atom stereocenters. The predicted octanol–water partition coefficient (Wildman–Crippen LogP) is 4.29. The van der Waals surface area contributed by atoms with Crippen molar-refractivity contribution in [3.63, 3.8) is 0 Å². The van der Waals surface area contributed by atoms with E-state index in [-0.39, 0.29) is 5.69 Å². The molecule has 0 saturated heterocycles. The van der Waals surface area contributed by atoms with Crippen LogP contribution in [-0.2, 0) is 6.18 Å². The van der Waals surface area contributed by atoms with E-state index in [4.69, 9.17) is 5.11 Å². The first-order valence-electron chi connectivity index (χ1n) is 4.86. The molecule has 1 aromatic heterocycles. The number of thiazole rings is 1. The maximum absolute atomic E-state index is 12.4. The highest BCUT2D eigenvalue weighted by Gasteiger charge is 2.30. The second-order valence-electron chi connectivity index (χ2n) is 3.52. The summed E-state index contributed by atoms with van der Waals surface area (Å²) in [6.07, 6.45) is -4.41. The van der Waals surface area contributed by atoms with Crippen molar-refractivity contribution in [3.05, 3.63) is 39.4 Å². The van der Waals surface area contributed by atoms with Gasteiger partial charge >= 0.3 is 12.1 Å². The maximum Gasteiger partial charge on any atom is 0.416 e. The van der Waals surface area contributed by atoms with Crippen molar-refractivity contribution < 1.29 is 23.1 Å². The van der Waals surface area contributed by atoms with E-state index in [2.05, 4.69) is 20.9 Å². The van der Waals surface area contributed by atoms with Crippen LogP contribution >= 0.6 is 27.3 Å². The molecule has 2 rings (SSSR count). The molecule has 0 unspecified atom stereocenters. The lowest BCUT2D eigenvalue weighted by atomic mass is 10.1. The van der Waals surface area contributed by atoms with Crippen LogP contribution in [0.2, 0.25) is 0 Å². The lowest BCUT2D eigenvalue weighted by Gasteiger charge is -2.06. The van der Waals surface area contributed by atoms with Gasteiger partial charge in [-0.25, -0.2) is 9.78 Å². The van der Waals surface area contributed by atoms with Gasteiger partial charge in [0, 0.05) is 0 Å². The van der Waals surface area contributed by atoms with E-state index in [0.717, 1.165) is 23.5 Å². The molecule has 1 N–H and O–H groups in total. The number of benzene rings is 1. The van der Waals surface area contributed by atoms with Crippen molar-refractivity contribution in [2.45, 2.75) is 6.18 Å². The summed E-state index contributed by atoms with van der Waals surface area (Å²) in [6.45, 7) is 0. The normalized spacial score (nSPS) is 11.6. The number of hydrogen-bond donors (Lipinski definition) is 1. The predicted molar refractivity (Wildman–Crippen MR) is 67.2 cm³/mol. The highest BCUT2D eigenvalue weighted by atomic mass is 79.9. The highest BCUT2D eigenvalue weighted by molar-refractivity contribution is 9.11. The summed E-state index contributed by atoms with van der Waals surface area (Å²) in [7, 11) is 0. The minimum Gasteiger partial charge on any atom is -0.476 e. The first-order valence-corrected chi connectivity index (χ1v) is 6.47. The second kappa shape index (κ2) is 4.93. The van der Waals surface area contributed by atoms with E-state index >= 15 is 0 Å². The number of alkyl halides is 3. The van der Waals surface area contributed by atoms with Crippen LogP contribution < -0.4 is 0 Å². The molecule has 3 nitrogen and oxygen atoms in total. The van der Waals surface area contributed by atoms with Gasteiger partial charge in [-0.2, -0.15) is 13.2 Å². The number of halogens is 4. The molecule has 1 heterocycles. The molecule has 0 amide bonds. The molecular weight excluding hydrogens is 347 g/mol. The van der Waals surface area contributed by atoms with E-state index < -0.39 is 17.7 Å². The standard InChI is InChI=1S/C11H5BrF3NO2S/c12-10-16-7(9(17)18)8(19-10)5-1-3-6(4-2-5)11(13,14)15/h1-4H,(H,17,18). The van der Waals surface area contributed by atoms with Crippen LogP contribution in [0.5, 0.6) is 0 Å². The van der Waals surface area contributed by atoms with Crippen LogP contribution in [0.3, 0.4) is 0 Å². The van der Waals surface area contributed by atoms with E-state index in [1.54, 1.807) is 0 Å². The maximum atomic E-state index is 12.4.